The van der Waals surface area contributed by atoms with Crippen LogP contribution in [0.2, 0.25) is 0 Å². The van der Waals surface area contributed by atoms with Crippen LogP contribution in [0.15, 0.2) is 0 Å². The molecule has 0 radical (unpaired) electrons. The zero-order chi connectivity index (χ0) is 14.4. The Hall–Kier alpha value is -0.940. The van der Waals surface area contributed by atoms with Crippen LogP contribution in [0, 0.1) is 5.92 Å². The molecule has 2 saturated heterocycles. The maximum atomic E-state index is 11.3. The first kappa shape index (κ1) is 13.7. The Kier molecular flexibility index (Phi) is 3.50. The first-order valence-electron chi connectivity index (χ1n) is 8.17. The molecule has 114 valence electrons. The van der Waals surface area contributed by atoms with Crippen molar-refractivity contribution < 1.29 is 4.79 Å². The van der Waals surface area contributed by atoms with Gasteiger partial charge in [-0.2, -0.15) is 0 Å². The highest BCUT2D eigenvalue weighted by molar-refractivity contribution is 7.17. The average molecular weight is 305 g/mol. The Labute approximate surface area is 130 Å². The third-order valence-corrected chi connectivity index (χ3v) is 6.41. The number of aromatic nitrogens is 1. The molecule has 1 aromatic heterocycles. The second kappa shape index (κ2) is 5.36. The molecule has 2 unspecified atom stereocenters. The lowest BCUT2D eigenvalue weighted by Crippen LogP contribution is -2.52. The Bertz CT molecular complexity index is 540. The predicted octanol–water partition coefficient (Wildman–Crippen LogP) is 2.75. The van der Waals surface area contributed by atoms with E-state index in [1.807, 2.05) is 0 Å². The van der Waals surface area contributed by atoms with Crippen molar-refractivity contribution in [2.24, 2.45) is 5.92 Å². The first-order valence-corrected chi connectivity index (χ1v) is 8.99. The molecule has 0 aromatic carbocycles. The van der Waals surface area contributed by atoms with Gasteiger partial charge in [-0.1, -0.05) is 11.3 Å². The van der Waals surface area contributed by atoms with Crippen LogP contribution in [0.3, 0.4) is 0 Å². The number of nitrogens with zero attached hydrogens (tertiary/aromatic N) is 3. The molecule has 0 spiro atoms. The smallest absolute Gasteiger partial charge is 0.186 e. The molecule has 3 aliphatic rings. The van der Waals surface area contributed by atoms with E-state index in [-0.39, 0.29) is 0 Å². The van der Waals surface area contributed by atoms with E-state index in [9.17, 15) is 4.79 Å². The number of likely N-dealkylation sites (tertiary alicyclic amines) is 1. The van der Waals surface area contributed by atoms with Crippen LogP contribution < -0.4 is 4.90 Å². The summed E-state index contributed by atoms with van der Waals surface area (Å²) in [4.78, 5) is 21.9. The average Bonchev–Trinajstić information content (AvgIpc) is 3.26. The first-order chi connectivity index (χ1) is 10.3. The van der Waals surface area contributed by atoms with E-state index in [1.54, 1.807) is 11.3 Å². The summed E-state index contributed by atoms with van der Waals surface area (Å²) < 4.78 is 0. The molecule has 4 rings (SSSR count). The van der Waals surface area contributed by atoms with Crippen molar-refractivity contribution in [2.45, 2.75) is 44.1 Å². The van der Waals surface area contributed by atoms with Crippen LogP contribution in [0.25, 0.3) is 0 Å². The van der Waals surface area contributed by atoms with Crippen LogP contribution in [-0.2, 0) is 0 Å². The van der Waals surface area contributed by atoms with Crippen LogP contribution in [-0.4, -0.2) is 48.9 Å². The highest BCUT2D eigenvalue weighted by Crippen LogP contribution is 2.44. The summed E-state index contributed by atoms with van der Waals surface area (Å²) >= 11 is 1.61. The largest absolute Gasteiger partial charge is 0.348 e. The lowest BCUT2D eigenvalue weighted by Gasteiger charge is -2.45. The molecule has 2 atom stereocenters. The number of anilines is 1. The van der Waals surface area contributed by atoms with Crippen molar-refractivity contribution in [3.8, 4) is 0 Å². The lowest BCUT2D eigenvalue weighted by molar-refractivity contribution is 0.102. The van der Waals surface area contributed by atoms with Crippen molar-refractivity contribution >= 4 is 22.8 Å². The van der Waals surface area contributed by atoms with Gasteiger partial charge >= 0.3 is 0 Å². The number of hydrogen-bond acceptors (Lipinski definition) is 5. The van der Waals surface area contributed by atoms with Gasteiger partial charge in [-0.3, -0.25) is 4.79 Å². The molecule has 1 aromatic rings. The molecule has 4 nitrogen and oxygen atoms in total. The molecule has 5 heteroatoms. The molecular formula is C16H23N3OS. The topological polar surface area (TPSA) is 36.4 Å². The van der Waals surface area contributed by atoms with Crippen molar-refractivity contribution in [3.63, 3.8) is 0 Å². The van der Waals surface area contributed by atoms with E-state index in [1.165, 1.54) is 38.6 Å². The number of carbonyl (C=O) groups excluding carboxylic acids is 1. The van der Waals surface area contributed by atoms with Crippen molar-refractivity contribution in [1.82, 2.24) is 9.88 Å². The fraction of sp³-hybridized carbons (Fsp3) is 0.750. The molecule has 2 aliphatic heterocycles. The van der Waals surface area contributed by atoms with E-state index in [0.717, 1.165) is 47.0 Å². The third-order valence-electron chi connectivity index (χ3n) is 5.36. The molecule has 3 fully saturated rings. The number of carbonyl (C=O) groups is 1. The Morgan fingerprint density at radius 3 is 2.86 bits per heavy atom. The second-order valence-corrected chi connectivity index (χ2v) is 7.83. The van der Waals surface area contributed by atoms with Gasteiger partial charge in [0, 0.05) is 25.0 Å². The standard InChI is InChI=1S/C16H23N3OS/c1-18-7-2-3-12-9-19(8-6-13(12)18)16-17-15(11-4-5-11)14(10-20)21-16/h10-13H,2-9H2,1H3. The van der Waals surface area contributed by atoms with Crippen molar-refractivity contribution in [2.75, 3.05) is 31.6 Å². The maximum Gasteiger partial charge on any atom is 0.186 e. The summed E-state index contributed by atoms with van der Waals surface area (Å²) in [5.74, 6) is 1.33. The van der Waals surface area contributed by atoms with Gasteiger partial charge in [-0.05, 0) is 51.6 Å². The fourth-order valence-corrected chi connectivity index (χ4v) is 5.03. The van der Waals surface area contributed by atoms with Gasteiger partial charge in [0.2, 0.25) is 0 Å². The minimum atomic E-state index is 0.563. The summed E-state index contributed by atoms with van der Waals surface area (Å²) in [6.07, 6.45) is 7.31. The monoisotopic (exact) mass is 305 g/mol. The summed E-state index contributed by atoms with van der Waals surface area (Å²) in [7, 11) is 2.27. The predicted molar refractivity (Wildman–Crippen MR) is 85.4 cm³/mol. The van der Waals surface area contributed by atoms with Crippen LogP contribution in [0.1, 0.15) is 53.4 Å². The van der Waals surface area contributed by atoms with Crippen LogP contribution in [0.5, 0.6) is 0 Å². The SMILES string of the molecule is CN1CCCC2CN(c3nc(C4CC4)c(C=O)s3)CCC21. The maximum absolute atomic E-state index is 11.3. The quantitative estimate of drug-likeness (QED) is 0.805. The Morgan fingerprint density at radius 1 is 1.24 bits per heavy atom. The number of rotatable bonds is 3. The zero-order valence-electron chi connectivity index (χ0n) is 12.6. The van der Waals surface area contributed by atoms with Crippen LogP contribution in [0.4, 0.5) is 5.13 Å². The number of hydrogen-bond donors (Lipinski definition) is 0. The molecule has 0 N–H and O–H groups in total. The van der Waals surface area contributed by atoms with Gasteiger partial charge in [0.15, 0.2) is 11.4 Å². The van der Waals surface area contributed by atoms with Gasteiger partial charge in [-0.15, -0.1) is 0 Å². The second-order valence-electron chi connectivity index (χ2n) is 6.82. The number of aldehydes is 1. The Balaban J connectivity index is 1.53. The lowest BCUT2D eigenvalue weighted by atomic mass is 9.84. The van der Waals surface area contributed by atoms with E-state index < -0.39 is 0 Å². The van der Waals surface area contributed by atoms with Crippen molar-refractivity contribution in [3.05, 3.63) is 10.6 Å². The minimum absolute atomic E-state index is 0.563. The zero-order valence-corrected chi connectivity index (χ0v) is 13.4. The normalized spacial score (nSPS) is 30.2. The summed E-state index contributed by atoms with van der Waals surface area (Å²) in [6, 6.07) is 0.753. The van der Waals surface area contributed by atoms with Crippen LogP contribution >= 0.6 is 11.3 Å². The number of fused-ring (bicyclic) bond motifs is 1. The van der Waals surface area contributed by atoms with Gasteiger partial charge in [0.1, 0.15) is 0 Å². The number of thiazole rings is 1. The molecule has 21 heavy (non-hydrogen) atoms. The molecule has 0 amide bonds. The molecule has 0 bridgehead atoms. The Morgan fingerprint density at radius 2 is 2.10 bits per heavy atom. The summed E-state index contributed by atoms with van der Waals surface area (Å²) in [6.45, 7) is 3.45. The van der Waals surface area contributed by atoms with Gasteiger partial charge < -0.3 is 9.80 Å². The third kappa shape index (κ3) is 2.50. The molecule has 1 saturated carbocycles. The minimum Gasteiger partial charge on any atom is -0.348 e. The van der Waals surface area contributed by atoms with E-state index in [4.69, 9.17) is 4.98 Å². The fourth-order valence-electron chi connectivity index (χ4n) is 4.03. The van der Waals surface area contributed by atoms with E-state index >= 15 is 0 Å². The molecule has 3 heterocycles. The van der Waals surface area contributed by atoms with E-state index in [0.29, 0.717) is 5.92 Å². The highest BCUT2D eigenvalue weighted by atomic mass is 32.1. The number of piperidine rings is 2. The highest BCUT2D eigenvalue weighted by Gasteiger charge is 2.36. The molecular weight excluding hydrogens is 282 g/mol. The summed E-state index contributed by atoms with van der Waals surface area (Å²) in [5.41, 5.74) is 1.08. The van der Waals surface area contributed by atoms with Gasteiger partial charge in [-0.25, -0.2) is 4.98 Å². The van der Waals surface area contributed by atoms with Crippen molar-refractivity contribution in [1.29, 1.82) is 0 Å². The molecule has 1 aliphatic carbocycles. The van der Waals surface area contributed by atoms with E-state index in [2.05, 4.69) is 16.8 Å². The van der Waals surface area contributed by atoms with Gasteiger partial charge in [0.25, 0.3) is 0 Å². The summed E-state index contributed by atoms with van der Waals surface area (Å²) in [5, 5.41) is 1.09. The van der Waals surface area contributed by atoms with Gasteiger partial charge in [0.05, 0.1) is 10.6 Å².